The molecule has 0 bridgehead atoms. The highest BCUT2D eigenvalue weighted by atomic mass is 35.5. The molecule has 19 heavy (non-hydrogen) atoms. The van der Waals surface area contributed by atoms with Gasteiger partial charge in [-0.05, 0) is 26.7 Å². The lowest BCUT2D eigenvalue weighted by atomic mass is 10.0. The van der Waals surface area contributed by atoms with Gasteiger partial charge in [0.1, 0.15) is 6.54 Å². The van der Waals surface area contributed by atoms with E-state index in [-0.39, 0.29) is 12.5 Å². The number of nitrogens with one attached hydrogen (secondary N) is 1. The molecule has 0 atom stereocenters. The van der Waals surface area contributed by atoms with Crippen molar-refractivity contribution in [3.63, 3.8) is 0 Å². The number of hydrogen-bond donors (Lipinski definition) is 2. The summed E-state index contributed by atoms with van der Waals surface area (Å²) in [5.74, 6) is -0.150. The Kier molecular flexibility index (Phi) is 4.16. The molecule has 1 amide bonds. The third-order valence-corrected chi connectivity index (χ3v) is 4.28. The van der Waals surface area contributed by atoms with Crippen LogP contribution in [0.1, 0.15) is 37.1 Å². The first-order valence-electron chi connectivity index (χ1n) is 6.60. The molecule has 0 saturated heterocycles. The summed E-state index contributed by atoms with van der Waals surface area (Å²) in [4.78, 5) is 11.9. The Morgan fingerprint density at radius 1 is 1.47 bits per heavy atom. The van der Waals surface area contributed by atoms with Crippen molar-refractivity contribution in [2.75, 3.05) is 6.54 Å². The Hall–Kier alpha value is -1.07. The van der Waals surface area contributed by atoms with E-state index in [2.05, 4.69) is 10.4 Å². The number of carbonyl (C=O) groups is 1. The second-order valence-electron chi connectivity index (χ2n) is 5.35. The normalized spacial score (nSPS) is 17.7. The Balaban J connectivity index is 1.89. The van der Waals surface area contributed by atoms with E-state index in [4.69, 9.17) is 11.6 Å². The summed E-state index contributed by atoms with van der Waals surface area (Å²) >= 11 is 6.03. The van der Waals surface area contributed by atoms with E-state index in [9.17, 15) is 9.90 Å². The van der Waals surface area contributed by atoms with Crippen molar-refractivity contribution in [2.24, 2.45) is 0 Å². The molecule has 106 valence electrons. The van der Waals surface area contributed by atoms with Crippen LogP contribution in [0.3, 0.4) is 0 Å². The lowest BCUT2D eigenvalue weighted by Gasteiger charge is -2.22. The predicted octanol–water partition coefficient (Wildman–Crippen LogP) is 1.57. The van der Waals surface area contributed by atoms with Gasteiger partial charge in [0.25, 0.3) is 0 Å². The van der Waals surface area contributed by atoms with E-state index in [0.717, 1.165) is 37.1 Å². The molecule has 0 radical (unpaired) electrons. The quantitative estimate of drug-likeness (QED) is 0.882. The minimum Gasteiger partial charge on any atom is -0.388 e. The molecule has 1 aromatic heterocycles. The second-order valence-corrected chi connectivity index (χ2v) is 5.73. The molecule has 1 aromatic rings. The van der Waals surface area contributed by atoms with E-state index in [1.165, 1.54) is 0 Å². The van der Waals surface area contributed by atoms with Crippen molar-refractivity contribution < 1.29 is 9.90 Å². The second kappa shape index (κ2) is 5.51. The van der Waals surface area contributed by atoms with Gasteiger partial charge in [-0.2, -0.15) is 5.10 Å². The van der Waals surface area contributed by atoms with Gasteiger partial charge in [0.2, 0.25) is 5.91 Å². The number of carbonyl (C=O) groups excluding carboxylic acids is 1. The van der Waals surface area contributed by atoms with Crippen LogP contribution in [0.2, 0.25) is 5.02 Å². The summed E-state index contributed by atoms with van der Waals surface area (Å²) in [5.41, 5.74) is 0.790. The van der Waals surface area contributed by atoms with Gasteiger partial charge in [-0.3, -0.25) is 9.48 Å². The number of aryl methyl sites for hydroxylation is 1. The number of amides is 1. The fraction of sp³-hybridized carbons (Fsp3) is 0.692. The number of aliphatic hydroxyl groups is 1. The van der Waals surface area contributed by atoms with Gasteiger partial charge >= 0.3 is 0 Å². The molecule has 2 rings (SSSR count). The van der Waals surface area contributed by atoms with Crippen LogP contribution in [0.5, 0.6) is 0 Å². The maximum Gasteiger partial charge on any atom is 0.241 e. The largest absolute Gasteiger partial charge is 0.388 e. The van der Waals surface area contributed by atoms with Gasteiger partial charge in [0.15, 0.2) is 0 Å². The summed E-state index contributed by atoms with van der Waals surface area (Å²) in [6, 6.07) is 0. The van der Waals surface area contributed by atoms with Crippen molar-refractivity contribution >= 4 is 17.5 Å². The van der Waals surface area contributed by atoms with Crippen molar-refractivity contribution in [1.82, 2.24) is 15.1 Å². The van der Waals surface area contributed by atoms with Crippen LogP contribution >= 0.6 is 11.6 Å². The van der Waals surface area contributed by atoms with Crippen LogP contribution in [0.4, 0.5) is 0 Å². The third-order valence-electron chi connectivity index (χ3n) is 3.74. The van der Waals surface area contributed by atoms with E-state index < -0.39 is 5.60 Å². The molecule has 1 aliphatic rings. The van der Waals surface area contributed by atoms with Gasteiger partial charge in [-0.15, -0.1) is 0 Å². The molecule has 1 heterocycles. The van der Waals surface area contributed by atoms with Gasteiger partial charge < -0.3 is 10.4 Å². The molecular formula is C13H20ClN3O2. The number of halogens is 1. The number of hydrogen-bond acceptors (Lipinski definition) is 3. The Labute approximate surface area is 117 Å². The summed E-state index contributed by atoms with van der Waals surface area (Å²) < 4.78 is 1.59. The molecule has 5 nitrogen and oxygen atoms in total. The highest BCUT2D eigenvalue weighted by Gasteiger charge is 2.31. The number of nitrogens with zero attached hydrogens (tertiary/aromatic N) is 2. The van der Waals surface area contributed by atoms with Crippen LogP contribution in [0.15, 0.2) is 0 Å². The summed E-state index contributed by atoms with van der Waals surface area (Å²) in [7, 11) is 0. The van der Waals surface area contributed by atoms with E-state index in [1.54, 1.807) is 4.68 Å². The zero-order valence-corrected chi connectivity index (χ0v) is 12.1. The van der Waals surface area contributed by atoms with Crippen molar-refractivity contribution in [1.29, 1.82) is 0 Å². The standard InChI is InChI=1S/C13H20ClN3O2/c1-9-12(14)10(2)17(16-9)7-11(18)15-8-13(19)5-3-4-6-13/h19H,3-8H2,1-2H3,(H,15,18). The Morgan fingerprint density at radius 3 is 2.63 bits per heavy atom. The smallest absolute Gasteiger partial charge is 0.241 e. The van der Waals surface area contributed by atoms with E-state index in [1.807, 2.05) is 13.8 Å². The average Bonchev–Trinajstić information content (AvgIpc) is 2.89. The average molecular weight is 286 g/mol. The summed E-state index contributed by atoms with van der Waals surface area (Å²) in [6.45, 7) is 4.10. The van der Waals surface area contributed by atoms with Gasteiger partial charge in [0.05, 0.1) is 22.0 Å². The van der Waals surface area contributed by atoms with Crippen molar-refractivity contribution in [3.05, 3.63) is 16.4 Å². The van der Waals surface area contributed by atoms with Crippen LogP contribution < -0.4 is 5.32 Å². The molecular weight excluding hydrogens is 266 g/mol. The van der Waals surface area contributed by atoms with E-state index >= 15 is 0 Å². The van der Waals surface area contributed by atoms with Crippen LogP contribution in [-0.2, 0) is 11.3 Å². The summed E-state index contributed by atoms with van der Waals surface area (Å²) in [5, 5.41) is 17.7. The minimum absolute atomic E-state index is 0.134. The van der Waals surface area contributed by atoms with Gasteiger partial charge in [0, 0.05) is 6.54 Å². The molecule has 1 saturated carbocycles. The monoisotopic (exact) mass is 285 g/mol. The Bertz CT molecular complexity index is 478. The van der Waals surface area contributed by atoms with Crippen LogP contribution in [0, 0.1) is 13.8 Å². The summed E-state index contributed by atoms with van der Waals surface area (Å²) in [6.07, 6.45) is 3.58. The van der Waals surface area contributed by atoms with Crippen molar-refractivity contribution in [2.45, 2.75) is 51.7 Å². The van der Waals surface area contributed by atoms with Crippen LogP contribution in [0.25, 0.3) is 0 Å². The van der Waals surface area contributed by atoms with Crippen LogP contribution in [-0.4, -0.2) is 32.9 Å². The molecule has 1 aliphatic carbocycles. The fourth-order valence-electron chi connectivity index (χ4n) is 2.49. The molecule has 2 N–H and O–H groups in total. The first kappa shape index (κ1) is 14.3. The SMILES string of the molecule is Cc1nn(CC(=O)NCC2(O)CCCC2)c(C)c1Cl. The van der Waals surface area contributed by atoms with E-state index in [0.29, 0.717) is 11.6 Å². The fourth-order valence-corrected chi connectivity index (χ4v) is 2.63. The lowest BCUT2D eigenvalue weighted by Crippen LogP contribution is -2.42. The zero-order valence-electron chi connectivity index (χ0n) is 11.4. The first-order chi connectivity index (χ1) is 8.91. The third kappa shape index (κ3) is 3.28. The van der Waals surface area contributed by atoms with Gasteiger partial charge in [-0.1, -0.05) is 24.4 Å². The maximum atomic E-state index is 11.9. The lowest BCUT2D eigenvalue weighted by molar-refractivity contribution is -0.123. The highest BCUT2D eigenvalue weighted by molar-refractivity contribution is 6.31. The first-order valence-corrected chi connectivity index (χ1v) is 6.98. The number of aromatic nitrogens is 2. The zero-order chi connectivity index (χ0) is 14.0. The topological polar surface area (TPSA) is 67.2 Å². The minimum atomic E-state index is -0.720. The molecule has 0 aliphatic heterocycles. The van der Waals surface area contributed by atoms with Gasteiger partial charge in [-0.25, -0.2) is 0 Å². The Morgan fingerprint density at radius 2 is 2.11 bits per heavy atom. The highest BCUT2D eigenvalue weighted by Crippen LogP contribution is 2.28. The molecule has 0 spiro atoms. The maximum absolute atomic E-state index is 11.9. The molecule has 0 aromatic carbocycles. The van der Waals surface area contributed by atoms with Crippen molar-refractivity contribution in [3.8, 4) is 0 Å². The number of rotatable bonds is 4. The molecule has 1 fully saturated rings. The molecule has 0 unspecified atom stereocenters. The predicted molar refractivity (Wildman–Crippen MR) is 73.1 cm³/mol. The molecule has 6 heteroatoms.